The monoisotopic (exact) mass is 344 g/mol. The van der Waals surface area contributed by atoms with Crippen molar-refractivity contribution in [2.45, 2.75) is 27.2 Å². The van der Waals surface area contributed by atoms with E-state index in [1.165, 1.54) is 0 Å². The minimum atomic E-state index is -0.241. The van der Waals surface area contributed by atoms with Crippen molar-refractivity contribution in [2.75, 3.05) is 11.9 Å². The number of aryl methyl sites for hydroxylation is 3. The van der Waals surface area contributed by atoms with E-state index in [0.29, 0.717) is 5.02 Å². The second-order valence-corrected chi connectivity index (χ2v) is 6.34. The van der Waals surface area contributed by atoms with Crippen molar-refractivity contribution >= 4 is 29.1 Å². The van der Waals surface area contributed by atoms with Crippen molar-refractivity contribution in [3.8, 4) is 0 Å². The van der Waals surface area contributed by atoms with Crippen molar-refractivity contribution in [2.24, 2.45) is 0 Å². The maximum absolute atomic E-state index is 12.1. The predicted octanol–water partition coefficient (Wildman–Crippen LogP) is 3.56. The fraction of sp³-hybridized carbons (Fsp3) is 0.263. The van der Waals surface area contributed by atoms with E-state index in [0.717, 1.165) is 27.9 Å². The molecular weight excluding hydrogens is 324 g/mol. The van der Waals surface area contributed by atoms with Crippen LogP contribution in [0.4, 0.5) is 5.69 Å². The van der Waals surface area contributed by atoms with Crippen molar-refractivity contribution in [3.63, 3.8) is 0 Å². The lowest BCUT2D eigenvalue weighted by atomic mass is 10.1. The summed E-state index contributed by atoms with van der Waals surface area (Å²) in [6.45, 7) is 5.87. The number of rotatable bonds is 5. The summed E-state index contributed by atoms with van der Waals surface area (Å²) >= 11 is 5.81. The van der Waals surface area contributed by atoms with Gasteiger partial charge < -0.3 is 10.6 Å². The van der Waals surface area contributed by atoms with Crippen LogP contribution >= 0.6 is 11.6 Å². The third kappa shape index (κ3) is 5.10. The molecule has 0 aliphatic heterocycles. The molecule has 0 aromatic heterocycles. The highest BCUT2D eigenvalue weighted by Gasteiger charge is 2.10. The van der Waals surface area contributed by atoms with E-state index in [4.69, 9.17) is 11.6 Å². The van der Waals surface area contributed by atoms with Crippen LogP contribution in [0.15, 0.2) is 36.4 Å². The number of hydrogen-bond acceptors (Lipinski definition) is 2. The topological polar surface area (TPSA) is 58.2 Å². The Kier molecular flexibility index (Phi) is 5.99. The summed E-state index contributed by atoms with van der Waals surface area (Å²) in [6.07, 6.45) is 0.215. The first-order valence-electron chi connectivity index (χ1n) is 7.74. The maximum Gasteiger partial charge on any atom is 0.243 e. The molecule has 2 aromatic rings. The van der Waals surface area contributed by atoms with Gasteiger partial charge in [0.2, 0.25) is 11.8 Å². The first kappa shape index (κ1) is 18.0. The van der Waals surface area contributed by atoms with Gasteiger partial charge in [0, 0.05) is 10.7 Å². The van der Waals surface area contributed by atoms with Gasteiger partial charge >= 0.3 is 0 Å². The molecule has 0 aliphatic carbocycles. The second-order valence-electron chi connectivity index (χ2n) is 5.90. The van der Waals surface area contributed by atoms with Crippen LogP contribution < -0.4 is 10.6 Å². The fourth-order valence-corrected chi connectivity index (χ4v) is 2.72. The van der Waals surface area contributed by atoms with E-state index in [1.807, 2.05) is 32.9 Å². The molecule has 0 aliphatic rings. The average Bonchev–Trinajstić information content (AvgIpc) is 2.51. The number of amides is 2. The van der Waals surface area contributed by atoms with Gasteiger partial charge in [-0.2, -0.15) is 0 Å². The third-order valence-electron chi connectivity index (χ3n) is 3.67. The van der Waals surface area contributed by atoms with Gasteiger partial charge in [0.25, 0.3) is 0 Å². The lowest BCUT2D eigenvalue weighted by molar-refractivity contribution is -0.123. The number of anilines is 1. The highest BCUT2D eigenvalue weighted by atomic mass is 35.5. The van der Waals surface area contributed by atoms with E-state index in [-0.39, 0.29) is 24.8 Å². The Bertz CT molecular complexity index is 731. The van der Waals surface area contributed by atoms with Crippen LogP contribution in [0.5, 0.6) is 0 Å². The van der Waals surface area contributed by atoms with Crippen LogP contribution in [0.2, 0.25) is 5.02 Å². The molecular formula is C19H21ClN2O2. The molecule has 126 valence electrons. The Labute approximate surface area is 147 Å². The van der Waals surface area contributed by atoms with Crippen LogP contribution in [0.1, 0.15) is 22.3 Å². The minimum Gasteiger partial charge on any atom is -0.347 e. The Hall–Kier alpha value is -2.33. The van der Waals surface area contributed by atoms with Crippen molar-refractivity contribution < 1.29 is 9.59 Å². The molecule has 0 saturated carbocycles. The Morgan fingerprint density at radius 1 is 0.958 bits per heavy atom. The summed E-state index contributed by atoms with van der Waals surface area (Å²) in [7, 11) is 0. The number of benzene rings is 2. The molecule has 2 aromatic carbocycles. The molecule has 0 heterocycles. The van der Waals surface area contributed by atoms with Crippen LogP contribution in [-0.2, 0) is 16.0 Å². The summed E-state index contributed by atoms with van der Waals surface area (Å²) in [5.41, 5.74) is 4.82. The summed E-state index contributed by atoms with van der Waals surface area (Å²) < 4.78 is 0. The zero-order valence-corrected chi connectivity index (χ0v) is 14.8. The predicted molar refractivity (Wildman–Crippen MR) is 97.4 cm³/mol. The molecule has 0 radical (unpaired) electrons. The Balaban J connectivity index is 1.87. The summed E-state index contributed by atoms with van der Waals surface area (Å²) in [4.78, 5) is 24.0. The lowest BCUT2D eigenvalue weighted by Gasteiger charge is -2.13. The Morgan fingerprint density at radius 2 is 1.54 bits per heavy atom. The smallest absolute Gasteiger partial charge is 0.243 e. The fourth-order valence-electron chi connectivity index (χ4n) is 2.59. The Morgan fingerprint density at radius 3 is 2.12 bits per heavy atom. The number of halogens is 1. The van der Waals surface area contributed by atoms with E-state index >= 15 is 0 Å². The van der Waals surface area contributed by atoms with E-state index in [1.54, 1.807) is 24.3 Å². The van der Waals surface area contributed by atoms with E-state index < -0.39 is 0 Å². The molecule has 0 bridgehead atoms. The lowest BCUT2D eigenvalue weighted by Crippen LogP contribution is -2.34. The van der Waals surface area contributed by atoms with Crippen LogP contribution in [0, 0.1) is 20.8 Å². The summed E-state index contributed by atoms with van der Waals surface area (Å²) in [5.74, 6) is -0.445. The van der Waals surface area contributed by atoms with Crippen LogP contribution in [0.25, 0.3) is 0 Å². The molecule has 0 unspecified atom stereocenters. The number of nitrogens with one attached hydrogen (secondary N) is 2. The SMILES string of the molecule is Cc1cc(C)c(NC(=O)CNC(=O)Cc2ccc(Cl)cc2)c(C)c1. The highest BCUT2D eigenvalue weighted by molar-refractivity contribution is 6.30. The molecule has 5 heteroatoms. The minimum absolute atomic E-state index is 0.0564. The standard InChI is InChI=1S/C19H21ClN2O2/c1-12-8-13(2)19(14(3)9-12)22-18(24)11-21-17(23)10-15-4-6-16(20)7-5-15/h4-9H,10-11H2,1-3H3,(H,21,23)(H,22,24). The van der Waals surface area contributed by atoms with E-state index in [2.05, 4.69) is 10.6 Å². The van der Waals surface area contributed by atoms with Gasteiger partial charge in [-0.3, -0.25) is 9.59 Å². The maximum atomic E-state index is 12.1. The number of carbonyl (C=O) groups excluding carboxylic acids is 2. The van der Waals surface area contributed by atoms with E-state index in [9.17, 15) is 9.59 Å². The number of hydrogen-bond donors (Lipinski definition) is 2. The molecule has 24 heavy (non-hydrogen) atoms. The number of carbonyl (C=O) groups is 2. The molecule has 2 rings (SSSR count). The van der Waals surface area contributed by atoms with Gasteiger partial charge in [-0.05, 0) is 49.6 Å². The molecule has 0 fully saturated rings. The molecule has 2 amide bonds. The van der Waals surface area contributed by atoms with Gasteiger partial charge in [-0.1, -0.05) is 41.4 Å². The highest BCUT2D eigenvalue weighted by Crippen LogP contribution is 2.21. The molecule has 4 nitrogen and oxygen atoms in total. The quantitative estimate of drug-likeness (QED) is 0.871. The van der Waals surface area contributed by atoms with Gasteiger partial charge in [-0.15, -0.1) is 0 Å². The van der Waals surface area contributed by atoms with Crippen molar-refractivity contribution in [1.82, 2.24) is 5.32 Å². The van der Waals surface area contributed by atoms with Gasteiger partial charge in [0.15, 0.2) is 0 Å². The molecule has 0 saturated heterocycles. The molecule has 2 N–H and O–H groups in total. The largest absolute Gasteiger partial charge is 0.347 e. The zero-order valence-electron chi connectivity index (χ0n) is 14.1. The van der Waals surface area contributed by atoms with Gasteiger partial charge in [0.05, 0.1) is 13.0 Å². The van der Waals surface area contributed by atoms with Gasteiger partial charge in [0.1, 0.15) is 0 Å². The first-order valence-corrected chi connectivity index (χ1v) is 8.12. The molecule has 0 atom stereocenters. The average molecular weight is 345 g/mol. The summed E-state index contributed by atoms with van der Waals surface area (Å²) in [5, 5.41) is 6.12. The van der Waals surface area contributed by atoms with Gasteiger partial charge in [-0.25, -0.2) is 0 Å². The summed E-state index contributed by atoms with van der Waals surface area (Å²) in [6, 6.07) is 11.1. The third-order valence-corrected chi connectivity index (χ3v) is 3.92. The normalized spacial score (nSPS) is 10.3. The zero-order chi connectivity index (χ0) is 17.7. The second kappa shape index (κ2) is 7.97. The van der Waals surface area contributed by atoms with Crippen molar-refractivity contribution in [3.05, 3.63) is 63.7 Å². The van der Waals surface area contributed by atoms with Crippen LogP contribution in [0.3, 0.4) is 0 Å². The van der Waals surface area contributed by atoms with Crippen LogP contribution in [-0.4, -0.2) is 18.4 Å². The molecule has 0 spiro atoms. The van der Waals surface area contributed by atoms with Crippen molar-refractivity contribution in [1.29, 1.82) is 0 Å². The first-order chi connectivity index (χ1) is 11.3.